The van der Waals surface area contributed by atoms with Crippen LogP contribution in [-0.4, -0.2) is 42.4 Å². The van der Waals surface area contributed by atoms with Crippen LogP contribution in [0.2, 0.25) is 0 Å². The third kappa shape index (κ3) is 3.47. The van der Waals surface area contributed by atoms with Crippen LogP contribution >= 0.6 is 0 Å². The first-order chi connectivity index (χ1) is 6.73. The zero-order valence-electron chi connectivity index (χ0n) is 10.2. The average molecular weight is 215 g/mol. The van der Waals surface area contributed by atoms with Crippen LogP contribution in [0.3, 0.4) is 0 Å². The molecule has 15 heavy (non-hydrogen) atoms. The Balaban J connectivity index is 2.58. The molecular formula is C11H23N2O2+. The second-order valence-electron chi connectivity index (χ2n) is 5.66. The first-order valence-electron chi connectivity index (χ1n) is 5.57. The number of carbonyl (C=O) groups is 1. The predicted molar refractivity (Wildman–Crippen MR) is 59.4 cm³/mol. The molecule has 0 saturated carbocycles. The predicted octanol–water partition coefficient (Wildman–Crippen LogP) is 1.49. The first-order valence-corrected chi connectivity index (χ1v) is 5.57. The Kier molecular flexibility index (Phi) is 3.41. The molecule has 0 aromatic heterocycles. The third-order valence-electron chi connectivity index (χ3n) is 2.82. The van der Waals surface area contributed by atoms with Gasteiger partial charge in [0.05, 0.1) is 20.1 Å². The van der Waals surface area contributed by atoms with Crippen molar-refractivity contribution in [1.29, 1.82) is 0 Å². The van der Waals surface area contributed by atoms with Crippen LogP contribution in [0.25, 0.3) is 0 Å². The number of hydrogen-bond donors (Lipinski definition) is 1. The van der Waals surface area contributed by atoms with Crippen LogP contribution in [0.5, 0.6) is 0 Å². The molecule has 1 amide bonds. The molecule has 1 rings (SSSR count). The fourth-order valence-electron chi connectivity index (χ4n) is 1.71. The summed E-state index contributed by atoms with van der Waals surface area (Å²) < 4.78 is 5.77. The molecule has 4 nitrogen and oxygen atoms in total. The maximum atomic E-state index is 12.0. The van der Waals surface area contributed by atoms with Gasteiger partial charge < -0.3 is 10.5 Å². The van der Waals surface area contributed by atoms with Gasteiger partial charge in [-0.2, -0.15) is 4.79 Å². The fourth-order valence-corrected chi connectivity index (χ4v) is 1.71. The zero-order valence-corrected chi connectivity index (χ0v) is 10.2. The topological polar surface area (TPSA) is 52.3 Å². The number of nitrogens with zero attached hydrogens (tertiary/aromatic N) is 1. The zero-order chi connectivity index (χ0) is 11.7. The molecular weight excluding hydrogens is 192 g/mol. The molecule has 1 fully saturated rings. The maximum Gasteiger partial charge on any atom is 0.516 e. The minimum atomic E-state index is -0.405. The van der Waals surface area contributed by atoms with Gasteiger partial charge in [0.1, 0.15) is 5.60 Å². The summed E-state index contributed by atoms with van der Waals surface area (Å²) in [6.07, 6.45) is 1.67. The lowest BCUT2D eigenvalue weighted by Gasteiger charge is -2.37. The Morgan fingerprint density at radius 2 is 1.80 bits per heavy atom. The van der Waals surface area contributed by atoms with E-state index in [4.69, 9.17) is 10.5 Å². The van der Waals surface area contributed by atoms with Crippen molar-refractivity contribution < 1.29 is 14.0 Å². The van der Waals surface area contributed by atoms with E-state index in [-0.39, 0.29) is 12.1 Å². The van der Waals surface area contributed by atoms with Crippen molar-refractivity contribution in [2.45, 2.75) is 45.3 Å². The van der Waals surface area contributed by atoms with Crippen molar-refractivity contribution in [1.82, 2.24) is 0 Å². The second kappa shape index (κ2) is 4.10. The molecule has 4 heteroatoms. The lowest BCUT2D eigenvalue weighted by Crippen LogP contribution is -2.57. The van der Waals surface area contributed by atoms with Crippen molar-refractivity contribution in [3.63, 3.8) is 0 Å². The summed E-state index contributed by atoms with van der Waals surface area (Å²) in [4.78, 5) is 12.0. The minimum Gasteiger partial charge on any atom is -0.414 e. The Morgan fingerprint density at radius 3 is 2.20 bits per heavy atom. The van der Waals surface area contributed by atoms with Crippen molar-refractivity contribution >= 4 is 6.09 Å². The average Bonchev–Trinajstić information content (AvgIpc) is 2.07. The van der Waals surface area contributed by atoms with Crippen molar-refractivity contribution in [2.24, 2.45) is 5.73 Å². The number of amides is 1. The van der Waals surface area contributed by atoms with Gasteiger partial charge in [0.15, 0.2) is 0 Å². The maximum absolute atomic E-state index is 12.0. The minimum absolute atomic E-state index is 0.130. The van der Waals surface area contributed by atoms with Crippen LogP contribution in [0.1, 0.15) is 33.6 Å². The summed E-state index contributed by atoms with van der Waals surface area (Å²) in [7, 11) is 1.93. The summed E-state index contributed by atoms with van der Waals surface area (Å²) in [5, 5.41) is 0. The summed E-state index contributed by atoms with van der Waals surface area (Å²) >= 11 is 0. The number of rotatable bonds is 0. The van der Waals surface area contributed by atoms with Crippen LogP contribution in [0.15, 0.2) is 0 Å². The van der Waals surface area contributed by atoms with Gasteiger partial charge in [0.2, 0.25) is 0 Å². The van der Waals surface area contributed by atoms with Crippen LogP contribution in [0.4, 0.5) is 4.79 Å². The normalized spacial score (nSPS) is 32.5. The number of piperidine rings is 1. The number of ether oxygens (including phenoxy) is 1. The van der Waals surface area contributed by atoms with Gasteiger partial charge in [-0.1, -0.05) is 0 Å². The molecule has 1 saturated heterocycles. The van der Waals surface area contributed by atoms with Crippen molar-refractivity contribution in [3.05, 3.63) is 0 Å². The first kappa shape index (κ1) is 12.5. The van der Waals surface area contributed by atoms with E-state index < -0.39 is 5.60 Å². The van der Waals surface area contributed by atoms with E-state index in [0.29, 0.717) is 4.48 Å². The van der Waals surface area contributed by atoms with Gasteiger partial charge in [0, 0.05) is 18.9 Å². The molecule has 0 aromatic carbocycles. The lowest BCUT2D eigenvalue weighted by atomic mass is 10.0. The number of carbonyl (C=O) groups excluding carboxylic acids is 1. The Labute approximate surface area is 92.0 Å². The van der Waals surface area contributed by atoms with Crippen LogP contribution in [-0.2, 0) is 4.74 Å². The van der Waals surface area contributed by atoms with Crippen LogP contribution < -0.4 is 5.73 Å². The molecule has 1 heterocycles. The third-order valence-corrected chi connectivity index (χ3v) is 2.82. The summed E-state index contributed by atoms with van der Waals surface area (Å²) in [6.45, 7) is 7.26. The van der Waals surface area contributed by atoms with E-state index in [0.717, 1.165) is 25.9 Å². The summed E-state index contributed by atoms with van der Waals surface area (Å²) in [6, 6.07) is 0.249. The highest BCUT2D eigenvalue weighted by molar-refractivity contribution is 5.60. The van der Waals surface area contributed by atoms with Gasteiger partial charge in [-0.15, -0.1) is 0 Å². The molecule has 2 N–H and O–H groups in total. The lowest BCUT2D eigenvalue weighted by molar-refractivity contribution is -0.844. The monoisotopic (exact) mass is 215 g/mol. The van der Waals surface area contributed by atoms with Crippen LogP contribution in [0, 0.1) is 0 Å². The van der Waals surface area contributed by atoms with E-state index in [1.165, 1.54) is 0 Å². The molecule has 1 aliphatic heterocycles. The van der Waals surface area contributed by atoms with Crippen molar-refractivity contribution in [2.75, 3.05) is 20.1 Å². The number of quaternary nitrogens is 1. The van der Waals surface area contributed by atoms with Gasteiger partial charge >= 0.3 is 6.09 Å². The molecule has 0 aliphatic carbocycles. The molecule has 0 unspecified atom stereocenters. The summed E-state index contributed by atoms with van der Waals surface area (Å²) in [5.41, 5.74) is 5.42. The van der Waals surface area contributed by atoms with E-state index in [1.807, 2.05) is 27.8 Å². The van der Waals surface area contributed by atoms with E-state index >= 15 is 0 Å². The molecule has 0 radical (unpaired) electrons. The Morgan fingerprint density at radius 1 is 1.33 bits per heavy atom. The second-order valence-corrected chi connectivity index (χ2v) is 5.66. The van der Waals surface area contributed by atoms with Gasteiger partial charge in [-0.3, -0.25) is 0 Å². The highest BCUT2D eigenvalue weighted by Gasteiger charge is 2.39. The van der Waals surface area contributed by atoms with Gasteiger partial charge in [-0.05, 0) is 20.8 Å². The quantitative estimate of drug-likeness (QED) is 0.623. The highest BCUT2D eigenvalue weighted by Crippen LogP contribution is 2.20. The SMILES string of the molecule is CC(C)(C)OC(=O)[N+]1(C)CCC(N)CC1. The van der Waals surface area contributed by atoms with Gasteiger partial charge in [-0.25, -0.2) is 4.48 Å². The smallest absolute Gasteiger partial charge is 0.414 e. The molecule has 1 aliphatic rings. The van der Waals surface area contributed by atoms with Crippen molar-refractivity contribution in [3.8, 4) is 0 Å². The number of likely N-dealkylation sites (tertiary alicyclic amines) is 1. The summed E-state index contributed by atoms with van der Waals surface area (Å²) in [5.74, 6) is 0. The van der Waals surface area contributed by atoms with E-state index in [9.17, 15) is 4.79 Å². The highest BCUT2D eigenvalue weighted by atomic mass is 16.6. The van der Waals surface area contributed by atoms with Gasteiger partial charge in [0.25, 0.3) is 0 Å². The fraction of sp³-hybridized carbons (Fsp3) is 0.909. The number of hydrogen-bond acceptors (Lipinski definition) is 3. The molecule has 88 valence electrons. The van der Waals surface area contributed by atoms with E-state index in [1.54, 1.807) is 0 Å². The standard InChI is InChI=1S/C11H23N2O2/c1-11(2,3)15-10(14)13(4)7-5-9(12)6-8-13/h9H,5-8,12H2,1-4H3/q+1. The molecule has 0 spiro atoms. The number of nitrogens with two attached hydrogens (primary N) is 1. The molecule has 0 bridgehead atoms. The molecule has 0 aromatic rings. The largest absolute Gasteiger partial charge is 0.516 e. The van der Waals surface area contributed by atoms with E-state index in [2.05, 4.69) is 0 Å². The Hall–Kier alpha value is -0.610. The molecule has 0 atom stereocenters. The Bertz CT molecular complexity index is 237.